The molecule has 4 N–H and O–H groups in total. The van der Waals surface area contributed by atoms with E-state index in [4.69, 9.17) is 5.73 Å². The Morgan fingerprint density at radius 3 is 2.37 bits per heavy atom. The third-order valence-corrected chi connectivity index (χ3v) is 7.28. The van der Waals surface area contributed by atoms with Gasteiger partial charge in [0.1, 0.15) is 10.7 Å². The molecule has 10 nitrogen and oxygen atoms in total. The van der Waals surface area contributed by atoms with Gasteiger partial charge in [-0.1, -0.05) is 19.4 Å². The summed E-state index contributed by atoms with van der Waals surface area (Å²) in [6.07, 6.45) is 5.76. The Labute approximate surface area is 214 Å². The molecule has 3 heterocycles. The fourth-order valence-electron chi connectivity index (χ4n) is 4.18. The molecule has 2 aromatic heterocycles. The lowest BCUT2D eigenvalue weighted by atomic mass is 9.97. The zero-order chi connectivity index (χ0) is 27.9. The number of aromatic nitrogens is 4. The summed E-state index contributed by atoms with van der Waals surface area (Å²) in [5, 5.41) is 9.77. The first-order chi connectivity index (χ1) is 17.5. The molecule has 0 unspecified atom stereocenters. The Hall–Kier alpha value is -3.95. The van der Waals surface area contributed by atoms with E-state index in [2.05, 4.69) is 25.7 Å². The van der Waals surface area contributed by atoms with Gasteiger partial charge < -0.3 is 21.3 Å². The van der Waals surface area contributed by atoms with E-state index in [9.17, 15) is 29.0 Å². The second-order valence-corrected chi connectivity index (χ2v) is 11.4. The molecule has 0 radical (unpaired) electrons. The first-order valence-electron chi connectivity index (χ1n) is 11.4. The van der Waals surface area contributed by atoms with Crippen LogP contribution in [-0.2, 0) is 7.05 Å². The maximum atomic E-state index is 13.0. The van der Waals surface area contributed by atoms with Crippen molar-refractivity contribution >= 4 is 39.4 Å². The third kappa shape index (κ3) is 5.95. The van der Waals surface area contributed by atoms with Crippen molar-refractivity contribution < 1.29 is 29.0 Å². The quantitative estimate of drug-likeness (QED) is 0.363. The van der Waals surface area contributed by atoms with Crippen molar-refractivity contribution in [2.24, 2.45) is 12.8 Å². The van der Waals surface area contributed by atoms with Gasteiger partial charge >= 0.3 is 10.2 Å². The van der Waals surface area contributed by atoms with E-state index in [0.29, 0.717) is 30.9 Å². The average molecular weight is 561 g/mol. The van der Waals surface area contributed by atoms with Gasteiger partial charge in [0.25, 0.3) is 11.8 Å². The SMILES string of the molecule is C[C@@H]1[C@H](NC(=O)c2ccc(S(F)(F)(F)(F)F)cc2)CCCN1c1cnc(C(N)=O)c(Nc2cnn(C)c2)n1. The monoisotopic (exact) mass is 560 g/mol. The maximum Gasteiger partial charge on any atom is 0.310 e. The molecule has 2 atom stereocenters. The van der Waals surface area contributed by atoms with E-state index < -0.39 is 33.0 Å². The van der Waals surface area contributed by atoms with Crippen LogP contribution in [0.5, 0.6) is 0 Å². The lowest BCUT2D eigenvalue weighted by Gasteiger charge is -2.41. The van der Waals surface area contributed by atoms with Gasteiger partial charge in [0.2, 0.25) is 0 Å². The number of nitrogens with zero attached hydrogens (tertiary/aromatic N) is 5. The van der Waals surface area contributed by atoms with Crippen molar-refractivity contribution in [3.05, 3.63) is 54.1 Å². The van der Waals surface area contributed by atoms with Crippen LogP contribution in [0.15, 0.2) is 47.8 Å². The van der Waals surface area contributed by atoms with E-state index in [1.807, 2.05) is 11.8 Å². The summed E-state index contributed by atoms with van der Waals surface area (Å²) in [4.78, 5) is 33.1. The fraction of sp³-hybridized carbons (Fsp3) is 0.318. The summed E-state index contributed by atoms with van der Waals surface area (Å²) in [7, 11) is -8.12. The van der Waals surface area contributed by atoms with Gasteiger partial charge in [-0.3, -0.25) is 14.3 Å². The van der Waals surface area contributed by atoms with Crippen LogP contribution < -0.4 is 21.3 Å². The maximum absolute atomic E-state index is 13.0. The fourth-order valence-corrected chi connectivity index (χ4v) is 4.83. The molecule has 0 aliphatic carbocycles. The minimum absolute atomic E-state index is 0.0813. The number of hydrogen-bond donors (Lipinski definition) is 3. The van der Waals surface area contributed by atoms with Gasteiger partial charge in [-0.05, 0) is 44.0 Å². The second-order valence-electron chi connectivity index (χ2n) is 8.97. The van der Waals surface area contributed by atoms with Gasteiger partial charge in [0.05, 0.1) is 18.1 Å². The number of piperidine rings is 1. The molecule has 0 saturated carbocycles. The van der Waals surface area contributed by atoms with Gasteiger partial charge in [-0.15, -0.1) is 0 Å². The third-order valence-electron chi connectivity index (χ3n) is 6.12. The molecule has 1 aliphatic heterocycles. The number of hydrogen-bond acceptors (Lipinski definition) is 7. The standard InChI is InChI=1S/C22H25F5N8O2S/c1-13-17(32-22(37)14-5-7-16(8-6-14)38(23,24,25,26)27)4-3-9-35(13)18-11-29-19(20(28)36)21(33-18)31-15-10-30-34(2)12-15/h5-8,10-13,17H,3-4,9H2,1-2H3,(H2,28,36)(H,31,33)(H,32,37)/t13-,17-/m1/s1. The minimum atomic E-state index is -9.83. The van der Waals surface area contributed by atoms with Crippen LogP contribution in [0.25, 0.3) is 0 Å². The van der Waals surface area contributed by atoms with Crippen molar-refractivity contribution in [2.75, 3.05) is 16.8 Å². The van der Waals surface area contributed by atoms with Crippen LogP contribution in [-0.4, -0.2) is 50.2 Å². The van der Waals surface area contributed by atoms with Crippen molar-refractivity contribution in [3.63, 3.8) is 0 Å². The molecule has 1 aromatic carbocycles. The molecule has 38 heavy (non-hydrogen) atoms. The van der Waals surface area contributed by atoms with Crippen LogP contribution in [0, 0.1) is 0 Å². The highest BCUT2D eigenvalue weighted by molar-refractivity contribution is 8.45. The highest BCUT2D eigenvalue weighted by Crippen LogP contribution is 3.02. The van der Waals surface area contributed by atoms with Crippen molar-refractivity contribution in [3.8, 4) is 0 Å². The number of rotatable bonds is 7. The van der Waals surface area contributed by atoms with Crippen molar-refractivity contribution in [1.82, 2.24) is 25.1 Å². The van der Waals surface area contributed by atoms with Gasteiger partial charge in [0.15, 0.2) is 11.5 Å². The van der Waals surface area contributed by atoms with Crippen molar-refractivity contribution in [2.45, 2.75) is 36.7 Å². The largest absolute Gasteiger partial charge is 0.364 e. The molecular formula is C22H25F5N8O2S. The number of benzene rings is 1. The first kappa shape index (κ1) is 27.1. The Kier molecular flexibility index (Phi) is 6.29. The smallest absolute Gasteiger partial charge is 0.310 e. The number of nitrogens with one attached hydrogen (secondary N) is 2. The second kappa shape index (κ2) is 8.82. The van der Waals surface area contributed by atoms with Crippen LogP contribution in [0.4, 0.5) is 36.8 Å². The first-order valence-corrected chi connectivity index (χ1v) is 13.3. The van der Waals surface area contributed by atoms with E-state index in [-0.39, 0.29) is 35.2 Å². The van der Waals surface area contributed by atoms with E-state index >= 15 is 0 Å². The molecule has 1 saturated heterocycles. The zero-order valence-electron chi connectivity index (χ0n) is 20.2. The summed E-state index contributed by atoms with van der Waals surface area (Å²) in [5.41, 5.74) is 5.73. The molecule has 206 valence electrons. The summed E-state index contributed by atoms with van der Waals surface area (Å²) >= 11 is 0. The van der Waals surface area contributed by atoms with Gasteiger partial charge in [-0.25, -0.2) is 9.97 Å². The molecule has 2 amide bonds. The zero-order valence-corrected chi connectivity index (χ0v) is 21.1. The highest BCUT2D eigenvalue weighted by atomic mass is 32.5. The Morgan fingerprint density at radius 1 is 1.11 bits per heavy atom. The van der Waals surface area contributed by atoms with Crippen LogP contribution in [0.2, 0.25) is 0 Å². The number of amides is 2. The highest BCUT2D eigenvalue weighted by Gasteiger charge is 2.65. The van der Waals surface area contributed by atoms with E-state index in [1.165, 1.54) is 12.4 Å². The van der Waals surface area contributed by atoms with Crippen LogP contribution >= 0.6 is 10.2 Å². The topological polar surface area (TPSA) is 131 Å². The molecular weight excluding hydrogens is 535 g/mol. The van der Waals surface area contributed by atoms with Crippen LogP contribution in [0.1, 0.15) is 40.6 Å². The number of halogens is 5. The number of aryl methyl sites for hydroxylation is 1. The Balaban J connectivity index is 1.52. The summed E-state index contributed by atoms with van der Waals surface area (Å²) in [5.74, 6) is -0.978. The number of anilines is 3. The molecule has 0 spiro atoms. The predicted octanol–water partition coefficient (Wildman–Crippen LogP) is 4.50. The van der Waals surface area contributed by atoms with E-state index in [0.717, 1.165) is 12.1 Å². The molecule has 1 aliphatic rings. The van der Waals surface area contributed by atoms with Crippen LogP contribution in [0.3, 0.4) is 0 Å². The lowest BCUT2D eigenvalue weighted by Crippen LogP contribution is -2.54. The number of carbonyl (C=O) groups is 2. The normalized spacial score (nSPS) is 19.8. The predicted molar refractivity (Wildman–Crippen MR) is 132 cm³/mol. The Bertz CT molecular complexity index is 1380. The lowest BCUT2D eigenvalue weighted by molar-refractivity contribution is 0.0923. The molecule has 1 fully saturated rings. The molecule has 4 rings (SSSR count). The Morgan fingerprint density at radius 2 is 1.79 bits per heavy atom. The molecule has 3 aromatic rings. The average Bonchev–Trinajstić information content (AvgIpc) is 3.23. The van der Waals surface area contributed by atoms with E-state index in [1.54, 1.807) is 17.9 Å². The molecule has 16 heteroatoms. The summed E-state index contributed by atoms with van der Waals surface area (Å²) in [6, 6.07) is 1.08. The van der Waals surface area contributed by atoms with Gasteiger partial charge in [-0.2, -0.15) is 5.10 Å². The summed E-state index contributed by atoms with van der Waals surface area (Å²) in [6.45, 7) is 2.36. The molecule has 0 bridgehead atoms. The van der Waals surface area contributed by atoms with Crippen molar-refractivity contribution in [1.29, 1.82) is 0 Å². The minimum Gasteiger partial charge on any atom is -0.364 e. The number of nitrogens with two attached hydrogens (primary N) is 1. The number of primary amides is 1. The van der Waals surface area contributed by atoms with Gasteiger partial charge in [0, 0.05) is 37.4 Å². The summed E-state index contributed by atoms with van der Waals surface area (Å²) < 4.78 is 66.4. The number of carbonyl (C=O) groups excluding carboxylic acids is 2.